The number of nitrogens with two attached hydrogens (primary N) is 1. The third-order valence-corrected chi connectivity index (χ3v) is 6.77. The highest BCUT2D eigenvalue weighted by atomic mass is 19.1. The molecule has 0 unspecified atom stereocenters. The number of nitrogen functional groups attached to an aromatic ring is 1. The van der Waals surface area contributed by atoms with Crippen LogP contribution in [-0.4, -0.2) is 30.5 Å². The summed E-state index contributed by atoms with van der Waals surface area (Å²) < 4.78 is 13.4. The molecule has 3 aliphatic rings. The zero-order valence-electron chi connectivity index (χ0n) is 17.6. The van der Waals surface area contributed by atoms with Crippen molar-refractivity contribution >= 4 is 28.8 Å². The maximum atomic E-state index is 13.4. The first-order chi connectivity index (χ1) is 15.0. The van der Waals surface area contributed by atoms with E-state index >= 15 is 0 Å². The summed E-state index contributed by atoms with van der Waals surface area (Å²) in [5.74, 6) is 0.516. The van der Waals surface area contributed by atoms with E-state index < -0.39 is 0 Å². The molecule has 6 nitrogen and oxygen atoms in total. The van der Waals surface area contributed by atoms with E-state index in [0.717, 1.165) is 63.0 Å². The normalized spacial score (nSPS) is 20.1. The molecule has 162 valence electrons. The lowest BCUT2D eigenvalue weighted by Crippen LogP contribution is -2.51. The van der Waals surface area contributed by atoms with E-state index in [-0.39, 0.29) is 17.1 Å². The minimum atomic E-state index is -0.354. The molecule has 2 aromatic rings. The molecular formula is C24H28FN5O. The zero-order chi connectivity index (χ0) is 21.4. The van der Waals surface area contributed by atoms with Gasteiger partial charge in [-0.3, -0.25) is 9.69 Å². The minimum Gasteiger partial charge on any atom is -0.397 e. The van der Waals surface area contributed by atoms with Crippen molar-refractivity contribution in [3.05, 3.63) is 53.5 Å². The Hall–Kier alpha value is -2.93. The smallest absolute Gasteiger partial charge is 0.228 e. The molecular weight excluding hydrogens is 393 g/mol. The van der Waals surface area contributed by atoms with Crippen molar-refractivity contribution in [3.8, 4) is 0 Å². The van der Waals surface area contributed by atoms with Gasteiger partial charge in [0.05, 0.1) is 11.4 Å². The molecule has 1 aromatic carbocycles. The Balaban J connectivity index is 1.37. The lowest BCUT2D eigenvalue weighted by Gasteiger charge is -2.44. The van der Waals surface area contributed by atoms with Crippen LogP contribution >= 0.6 is 0 Å². The van der Waals surface area contributed by atoms with Crippen molar-refractivity contribution in [2.24, 2.45) is 5.41 Å². The number of piperidine rings is 2. The SMILES string of the molecule is Nc1cc(F)ccc1NC(=C1CC1)c1ccc(N2CC3(CCNCC3)CCC2=O)nc1. The van der Waals surface area contributed by atoms with Gasteiger partial charge in [-0.25, -0.2) is 9.37 Å². The number of carbonyl (C=O) groups is 1. The van der Waals surface area contributed by atoms with Gasteiger partial charge in [0, 0.05) is 30.4 Å². The molecule has 0 atom stereocenters. The van der Waals surface area contributed by atoms with Gasteiger partial charge in [0.25, 0.3) is 0 Å². The molecule has 2 saturated heterocycles. The van der Waals surface area contributed by atoms with Gasteiger partial charge in [-0.2, -0.15) is 0 Å². The number of aromatic nitrogens is 1. The number of allylic oxidation sites excluding steroid dienone is 1. The van der Waals surface area contributed by atoms with Crippen molar-refractivity contribution in [2.75, 3.05) is 35.6 Å². The van der Waals surface area contributed by atoms with Crippen molar-refractivity contribution in [1.82, 2.24) is 10.3 Å². The number of anilines is 3. The second-order valence-electron chi connectivity index (χ2n) is 8.97. The summed E-state index contributed by atoms with van der Waals surface area (Å²) in [4.78, 5) is 19.2. The summed E-state index contributed by atoms with van der Waals surface area (Å²) in [6, 6.07) is 8.31. The third-order valence-electron chi connectivity index (χ3n) is 6.77. The van der Waals surface area contributed by atoms with Crippen LogP contribution in [0.2, 0.25) is 0 Å². The van der Waals surface area contributed by atoms with Crippen LogP contribution in [-0.2, 0) is 4.79 Å². The minimum absolute atomic E-state index is 0.155. The molecule has 7 heteroatoms. The van der Waals surface area contributed by atoms with Gasteiger partial charge in [-0.15, -0.1) is 0 Å². The van der Waals surface area contributed by atoms with Crippen molar-refractivity contribution in [1.29, 1.82) is 0 Å². The van der Waals surface area contributed by atoms with Crippen LogP contribution < -0.4 is 21.3 Å². The Bertz CT molecular complexity index is 1020. The lowest BCUT2D eigenvalue weighted by atomic mass is 9.73. The fourth-order valence-corrected chi connectivity index (χ4v) is 4.74. The Morgan fingerprint density at radius 1 is 1.13 bits per heavy atom. The van der Waals surface area contributed by atoms with Gasteiger partial charge in [-0.05, 0) is 86.5 Å². The molecule has 0 bridgehead atoms. The van der Waals surface area contributed by atoms with Crippen LogP contribution in [0.25, 0.3) is 5.70 Å². The van der Waals surface area contributed by atoms with Crippen LogP contribution in [0, 0.1) is 11.2 Å². The molecule has 5 rings (SSSR count). The van der Waals surface area contributed by atoms with Gasteiger partial charge in [0.15, 0.2) is 0 Å². The van der Waals surface area contributed by atoms with Crippen LogP contribution in [0.1, 0.15) is 44.1 Å². The van der Waals surface area contributed by atoms with Crippen molar-refractivity contribution in [2.45, 2.75) is 38.5 Å². The molecule has 4 N–H and O–H groups in total. The number of carbonyl (C=O) groups excluding carboxylic acids is 1. The predicted octanol–water partition coefficient (Wildman–Crippen LogP) is 3.92. The summed E-state index contributed by atoms with van der Waals surface area (Å²) in [6.07, 6.45) is 7.63. The monoisotopic (exact) mass is 421 g/mol. The molecule has 31 heavy (non-hydrogen) atoms. The topological polar surface area (TPSA) is 83.3 Å². The quantitative estimate of drug-likeness (QED) is 0.652. The first kappa shape index (κ1) is 20.0. The molecule has 1 aromatic heterocycles. The molecule has 1 aliphatic carbocycles. The van der Waals surface area contributed by atoms with E-state index in [2.05, 4.69) is 15.6 Å². The summed E-state index contributed by atoms with van der Waals surface area (Å²) in [5.41, 5.74) is 10.5. The highest BCUT2D eigenvalue weighted by molar-refractivity contribution is 5.93. The van der Waals surface area contributed by atoms with Gasteiger partial charge >= 0.3 is 0 Å². The first-order valence-corrected chi connectivity index (χ1v) is 11.0. The number of benzene rings is 1. The van der Waals surface area contributed by atoms with Crippen molar-refractivity contribution < 1.29 is 9.18 Å². The average Bonchev–Trinajstić information content (AvgIpc) is 3.61. The van der Waals surface area contributed by atoms with E-state index in [1.165, 1.54) is 17.7 Å². The standard InChI is InChI=1S/C24H28FN5O/c25-18-4-5-20(19(26)13-18)29-23(16-1-2-16)17-3-6-21(28-14-17)30-15-24(8-7-22(30)31)9-11-27-12-10-24/h3-6,13-14,27,29H,1-2,7-12,15,26H2. The zero-order valence-corrected chi connectivity index (χ0v) is 17.6. The number of hydrogen-bond acceptors (Lipinski definition) is 5. The maximum Gasteiger partial charge on any atom is 0.228 e. The Morgan fingerprint density at radius 2 is 1.94 bits per heavy atom. The molecule has 3 fully saturated rings. The number of rotatable bonds is 4. The summed E-state index contributed by atoms with van der Waals surface area (Å²) in [6.45, 7) is 2.78. The molecule has 0 radical (unpaired) electrons. The van der Waals surface area contributed by atoms with Gasteiger partial charge < -0.3 is 16.4 Å². The summed E-state index contributed by atoms with van der Waals surface area (Å²) in [7, 11) is 0. The second-order valence-corrected chi connectivity index (χ2v) is 8.97. The summed E-state index contributed by atoms with van der Waals surface area (Å²) in [5, 5.41) is 6.79. The van der Waals surface area contributed by atoms with E-state index in [9.17, 15) is 9.18 Å². The number of nitrogens with one attached hydrogen (secondary N) is 2. The Kier molecular flexibility index (Phi) is 5.14. The number of halogens is 1. The van der Waals surface area contributed by atoms with E-state index in [4.69, 9.17) is 5.73 Å². The van der Waals surface area contributed by atoms with Crippen molar-refractivity contribution in [3.63, 3.8) is 0 Å². The average molecular weight is 422 g/mol. The lowest BCUT2D eigenvalue weighted by molar-refractivity contribution is -0.121. The van der Waals surface area contributed by atoms with Crippen LogP contribution in [0.3, 0.4) is 0 Å². The van der Waals surface area contributed by atoms with Gasteiger partial charge in [-0.1, -0.05) is 0 Å². The highest BCUT2D eigenvalue weighted by Gasteiger charge is 2.40. The number of nitrogens with zero attached hydrogens (tertiary/aromatic N) is 2. The maximum absolute atomic E-state index is 13.4. The highest BCUT2D eigenvalue weighted by Crippen LogP contribution is 2.41. The summed E-state index contributed by atoms with van der Waals surface area (Å²) >= 11 is 0. The van der Waals surface area contributed by atoms with Gasteiger partial charge in [0.2, 0.25) is 5.91 Å². The molecule has 2 aliphatic heterocycles. The van der Waals surface area contributed by atoms with Crippen LogP contribution in [0.4, 0.5) is 21.6 Å². The Labute approximate surface area is 181 Å². The second kappa shape index (κ2) is 7.96. The first-order valence-electron chi connectivity index (χ1n) is 11.0. The molecule has 1 amide bonds. The third kappa shape index (κ3) is 4.14. The molecule has 1 saturated carbocycles. The van der Waals surface area contributed by atoms with E-state index in [1.807, 2.05) is 23.2 Å². The van der Waals surface area contributed by atoms with E-state index in [1.54, 1.807) is 6.07 Å². The van der Waals surface area contributed by atoms with Gasteiger partial charge in [0.1, 0.15) is 11.6 Å². The fourth-order valence-electron chi connectivity index (χ4n) is 4.74. The fraction of sp³-hybridized carbons (Fsp3) is 0.417. The number of hydrogen-bond donors (Lipinski definition) is 3. The predicted molar refractivity (Wildman–Crippen MR) is 121 cm³/mol. The molecule has 1 spiro atoms. The Morgan fingerprint density at radius 3 is 2.61 bits per heavy atom. The number of pyridine rings is 1. The van der Waals surface area contributed by atoms with Crippen LogP contribution in [0.15, 0.2) is 42.1 Å². The van der Waals surface area contributed by atoms with Crippen LogP contribution in [0.5, 0.6) is 0 Å². The number of amides is 1. The van der Waals surface area contributed by atoms with E-state index in [0.29, 0.717) is 23.6 Å². The largest absolute Gasteiger partial charge is 0.397 e. The molecule has 3 heterocycles.